The highest BCUT2D eigenvalue weighted by molar-refractivity contribution is 5.92. The molecule has 19 heavy (non-hydrogen) atoms. The Morgan fingerprint density at radius 2 is 1.79 bits per heavy atom. The Morgan fingerprint density at radius 1 is 1.26 bits per heavy atom. The van der Waals surface area contributed by atoms with Crippen molar-refractivity contribution < 1.29 is 10.0 Å². The number of rotatable bonds is 2. The van der Waals surface area contributed by atoms with Crippen LogP contribution in [0.25, 0.3) is 0 Å². The minimum absolute atomic E-state index is 0.253. The largest absolute Gasteiger partial charge is 0.341 e. The lowest BCUT2D eigenvalue weighted by molar-refractivity contribution is 0.0705. The summed E-state index contributed by atoms with van der Waals surface area (Å²) in [6, 6.07) is 0. The number of hydrogen-bond acceptors (Lipinski definition) is 5. The van der Waals surface area contributed by atoms with Crippen LogP contribution in [0.5, 0.6) is 0 Å². The van der Waals surface area contributed by atoms with Gasteiger partial charge in [-0.25, -0.2) is 15.4 Å². The van der Waals surface area contributed by atoms with Crippen molar-refractivity contribution in [2.45, 2.75) is 39.5 Å². The van der Waals surface area contributed by atoms with Crippen LogP contribution in [0, 0.1) is 0 Å². The number of carbonyl (C=O) groups excluding carboxylic acids is 1. The molecule has 0 atom stereocenters. The summed E-state index contributed by atoms with van der Waals surface area (Å²) in [6.45, 7) is 6.18. The molecule has 6 heteroatoms. The van der Waals surface area contributed by atoms with Gasteiger partial charge in [0.15, 0.2) is 0 Å². The number of carbonyl (C=O) groups is 1. The first-order valence-electron chi connectivity index (χ1n) is 6.74. The molecule has 1 fully saturated rings. The van der Waals surface area contributed by atoms with Gasteiger partial charge in [0.2, 0.25) is 5.95 Å². The van der Waals surface area contributed by atoms with Gasteiger partial charge in [-0.2, -0.15) is 0 Å². The van der Waals surface area contributed by atoms with Gasteiger partial charge in [0.1, 0.15) is 0 Å². The molecule has 1 aromatic heterocycles. The first-order chi connectivity index (χ1) is 9.22. The van der Waals surface area contributed by atoms with E-state index in [1.807, 2.05) is 0 Å². The number of aromatic nitrogens is 2. The SMILES string of the molecule is CCC.O=C(NO)c1cnc(N2CCCCC2)nc1. The Balaban J connectivity index is 0.000000550. The number of amides is 1. The highest BCUT2D eigenvalue weighted by Crippen LogP contribution is 2.14. The van der Waals surface area contributed by atoms with Crippen LogP contribution in [0.2, 0.25) is 0 Å². The topological polar surface area (TPSA) is 78.3 Å². The van der Waals surface area contributed by atoms with Crippen molar-refractivity contribution in [3.63, 3.8) is 0 Å². The third-order valence-electron chi connectivity index (χ3n) is 2.64. The van der Waals surface area contributed by atoms with Gasteiger partial charge in [0, 0.05) is 25.5 Å². The molecule has 2 heterocycles. The fourth-order valence-electron chi connectivity index (χ4n) is 1.76. The molecule has 0 spiro atoms. The number of nitrogens with zero attached hydrogens (tertiary/aromatic N) is 3. The van der Waals surface area contributed by atoms with Crippen molar-refractivity contribution in [2.75, 3.05) is 18.0 Å². The van der Waals surface area contributed by atoms with E-state index in [-0.39, 0.29) is 5.56 Å². The molecule has 1 aliphatic heterocycles. The lowest BCUT2D eigenvalue weighted by atomic mass is 10.1. The van der Waals surface area contributed by atoms with Crippen LogP contribution >= 0.6 is 0 Å². The smallest absolute Gasteiger partial charge is 0.277 e. The summed E-state index contributed by atoms with van der Waals surface area (Å²) in [4.78, 5) is 21.4. The maximum absolute atomic E-state index is 11.0. The number of piperidine rings is 1. The molecule has 6 nitrogen and oxygen atoms in total. The summed E-state index contributed by atoms with van der Waals surface area (Å²) in [6.07, 6.45) is 7.65. The number of anilines is 1. The molecule has 0 radical (unpaired) electrons. The molecule has 106 valence electrons. The molecule has 0 saturated carbocycles. The Hall–Kier alpha value is -1.69. The standard InChI is InChI=1S/C10H14N4O2.C3H8/c15-9(13-16)8-6-11-10(12-7-8)14-4-2-1-3-5-14;1-3-2/h6-7,16H,1-5H2,(H,13,15);3H2,1-2H3. The lowest BCUT2D eigenvalue weighted by Crippen LogP contribution is -2.31. The van der Waals surface area contributed by atoms with Gasteiger partial charge in [-0.3, -0.25) is 10.0 Å². The molecule has 2 N–H and O–H groups in total. The Kier molecular flexibility index (Phi) is 6.81. The maximum atomic E-state index is 11.0. The van der Waals surface area contributed by atoms with Crippen molar-refractivity contribution in [1.29, 1.82) is 0 Å². The third kappa shape index (κ3) is 4.82. The summed E-state index contributed by atoms with van der Waals surface area (Å²) >= 11 is 0. The quantitative estimate of drug-likeness (QED) is 0.632. The van der Waals surface area contributed by atoms with Crippen molar-refractivity contribution in [3.05, 3.63) is 18.0 Å². The van der Waals surface area contributed by atoms with Gasteiger partial charge >= 0.3 is 0 Å². The molecule has 0 unspecified atom stereocenters. The molecular weight excluding hydrogens is 244 g/mol. The number of hydrogen-bond donors (Lipinski definition) is 2. The normalized spacial score (nSPS) is 14.4. The highest BCUT2D eigenvalue weighted by atomic mass is 16.5. The average Bonchev–Trinajstić information content (AvgIpc) is 2.48. The summed E-state index contributed by atoms with van der Waals surface area (Å²) in [5.74, 6) is 0.0550. The summed E-state index contributed by atoms with van der Waals surface area (Å²) in [5.41, 5.74) is 1.80. The number of nitrogens with one attached hydrogen (secondary N) is 1. The molecule has 0 bridgehead atoms. The molecule has 1 saturated heterocycles. The lowest BCUT2D eigenvalue weighted by Gasteiger charge is -2.26. The average molecular weight is 266 g/mol. The fraction of sp³-hybridized carbons (Fsp3) is 0.615. The molecule has 0 aliphatic carbocycles. The second-order valence-electron chi connectivity index (χ2n) is 4.47. The van der Waals surface area contributed by atoms with Crippen LogP contribution in [0.4, 0.5) is 5.95 Å². The highest BCUT2D eigenvalue weighted by Gasteiger charge is 2.14. The molecule has 1 amide bonds. The van der Waals surface area contributed by atoms with Crippen LogP contribution in [0.3, 0.4) is 0 Å². The molecule has 1 aliphatic rings. The van der Waals surface area contributed by atoms with E-state index in [1.54, 1.807) is 5.48 Å². The second-order valence-corrected chi connectivity index (χ2v) is 4.47. The summed E-state index contributed by atoms with van der Waals surface area (Å²) < 4.78 is 0. The first-order valence-corrected chi connectivity index (χ1v) is 6.74. The van der Waals surface area contributed by atoms with Crippen molar-refractivity contribution in [3.8, 4) is 0 Å². The van der Waals surface area contributed by atoms with E-state index < -0.39 is 5.91 Å². The Labute approximate surface area is 113 Å². The predicted molar refractivity (Wildman–Crippen MR) is 73.3 cm³/mol. The van der Waals surface area contributed by atoms with Crippen molar-refractivity contribution in [1.82, 2.24) is 15.4 Å². The van der Waals surface area contributed by atoms with Crippen LogP contribution in [0.15, 0.2) is 12.4 Å². The van der Waals surface area contributed by atoms with Crippen molar-refractivity contribution >= 4 is 11.9 Å². The van der Waals surface area contributed by atoms with E-state index in [0.717, 1.165) is 25.9 Å². The second kappa shape index (κ2) is 8.42. The van der Waals surface area contributed by atoms with E-state index >= 15 is 0 Å². The molecule has 0 aromatic carbocycles. The van der Waals surface area contributed by atoms with E-state index in [1.165, 1.54) is 25.2 Å². The third-order valence-corrected chi connectivity index (χ3v) is 2.64. The van der Waals surface area contributed by atoms with Gasteiger partial charge in [-0.15, -0.1) is 0 Å². The molecule has 2 rings (SSSR count). The zero-order valence-corrected chi connectivity index (χ0v) is 11.6. The van der Waals surface area contributed by atoms with E-state index in [0.29, 0.717) is 5.95 Å². The van der Waals surface area contributed by atoms with Crippen molar-refractivity contribution in [2.24, 2.45) is 0 Å². The Morgan fingerprint density at radius 3 is 2.26 bits per heavy atom. The summed E-state index contributed by atoms with van der Waals surface area (Å²) in [5, 5.41) is 8.44. The van der Waals surface area contributed by atoms with Crippen LogP contribution < -0.4 is 10.4 Å². The zero-order chi connectivity index (χ0) is 14.1. The van der Waals surface area contributed by atoms with E-state index in [4.69, 9.17) is 5.21 Å². The predicted octanol–water partition coefficient (Wildman–Crippen LogP) is 2.00. The van der Waals surface area contributed by atoms with Gasteiger partial charge in [-0.05, 0) is 19.3 Å². The minimum Gasteiger partial charge on any atom is -0.341 e. The molecular formula is C13H22N4O2. The van der Waals surface area contributed by atoms with Crippen LogP contribution in [0.1, 0.15) is 49.9 Å². The van der Waals surface area contributed by atoms with Crippen LogP contribution in [-0.2, 0) is 0 Å². The zero-order valence-electron chi connectivity index (χ0n) is 11.6. The van der Waals surface area contributed by atoms with Gasteiger partial charge < -0.3 is 4.90 Å². The van der Waals surface area contributed by atoms with E-state index in [2.05, 4.69) is 28.7 Å². The first kappa shape index (κ1) is 15.4. The van der Waals surface area contributed by atoms with E-state index in [9.17, 15) is 4.79 Å². The summed E-state index contributed by atoms with van der Waals surface area (Å²) in [7, 11) is 0. The maximum Gasteiger partial charge on any atom is 0.277 e. The van der Waals surface area contributed by atoms with Gasteiger partial charge in [0.25, 0.3) is 5.91 Å². The van der Waals surface area contributed by atoms with Gasteiger partial charge in [-0.1, -0.05) is 20.3 Å². The van der Waals surface area contributed by atoms with Crippen LogP contribution in [-0.4, -0.2) is 34.2 Å². The van der Waals surface area contributed by atoms with Gasteiger partial charge in [0.05, 0.1) is 5.56 Å². The number of hydroxylamine groups is 1. The molecule has 1 aromatic rings. The Bertz CT molecular complexity index is 375. The fourth-order valence-corrected chi connectivity index (χ4v) is 1.76. The monoisotopic (exact) mass is 266 g/mol. The minimum atomic E-state index is -0.592.